The third kappa shape index (κ3) is 9.71. The Morgan fingerprint density at radius 1 is 0.864 bits per heavy atom. The van der Waals surface area contributed by atoms with E-state index in [4.69, 9.17) is 23.2 Å². The van der Waals surface area contributed by atoms with Gasteiger partial charge in [-0.25, -0.2) is 16.8 Å². The highest BCUT2D eigenvalue weighted by Gasteiger charge is 2.24. The van der Waals surface area contributed by atoms with Crippen LogP contribution < -0.4 is 5.32 Å². The van der Waals surface area contributed by atoms with Crippen molar-refractivity contribution >= 4 is 55.3 Å². The maximum atomic E-state index is 11.4. The summed E-state index contributed by atoms with van der Waals surface area (Å²) in [5.74, 6) is -1.03. The lowest BCUT2D eigenvalue weighted by Gasteiger charge is -2.16. The first-order valence-corrected chi connectivity index (χ1v) is 10.5. The van der Waals surface area contributed by atoms with Crippen LogP contribution in [0.1, 0.15) is 13.8 Å². The molecule has 12 heteroatoms. The molecule has 0 heterocycles. The van der Waals surface area contributed by atoms with E-state index in [1.807, 2.05) is 0 Å². The Morgan fingerprint density at radius 3 is 1.36 bits per heavy atom. The van der Waals surface area contributed by atoms with Gasteiger partial charge in [-0.15, -0.1) is 35.6 Å². The zero-order valence-electron chi connectivity index (χ0n) is 12.1. The molecule has 0 aromatic heterocycles. The summed E-state index contributed by atoms with van der Waals surface area (Å²) in [6.45, 7) is 2.35. The summed E-state index contributed by atoms with van der Waals surface area (Å²) in [6, 6.07) is 0. The minimum atomic E-state index is -3.59. The lowest BCUT2D eigenvalue weighted by molar-refractivity contribution is 0.167. The predicted molar refractivity (Wildman–Crippen MR) is 90.3 cm³/mol. The molecule has 0 aliphatic heterocycles. The topological polar surface area (TPSA) is 121 Å². The van der Waals surface area contributed by atoms with Crippen LogP contribution in [0.25, 0.3) is 0 Å². The smallest absolute Gasteiger partial charge is 0.169 e. The van der Waals surface area contributed by atoms with Gasteiger partial charge in [0.2, 0.25) is 0 Å². The van der Waals surface area contributed by atoms with Crippen molar-refractivity contribution in [3.63, 3.8) is 0 Å². The standard InChI is InChI=1S/C10H21Cl2NO6S2.ClH/c1-7(11)20(16,17)5-9(14)3-13-4-10(15)6-21(18,19)8(2)12;/h7-10,13-15H,3-6H2,1-2H3;1H. The molecular formula is C10H22Cl3NO6S2. The van der Waals surface area contributed by atoms with E-state index in [-0.39, 0.29) is 25.5 Å². The van der Waals surface area contributed by atoms with Gasteiger partial charge < -0.3 is 15.5 Å². The maximum absolute atomic E-state index is 11.4. The summed E-state index contributed by atoms with van der Waals surface area (Å²) in [6.07, 6.45) is -2.40. The number of sulfone groups is 2. The number of hydrogen-bond donors (Lipinski definition) is 3. The molecule has 0 aliphatic carbocycles. The number of halogens is 3. The second-order valence-electron chi connectivity index (χ2n) is 4.71. The van der Waals surface area contributed by atoms with Gasteiger partial charge in [0.05, 0.1) is 23.7 Å². The molecule has 0 saturated heterocycles. The fourth-order valence-electron chi connectivity index (χ4n) is 1.34. The molecule has 136 valence electrons. The minimum absolute atomic E-state index is 0. The van der Waals surface area contributed by atoms with Crippen molar-refractivity contribution in [3.05, 3.63) is 0 Å². The summed E-state index contributed by atoms with van der Waals surface area (Å²) in [7, 11) is -7.18. The molecule has 22 heavy (non-hydrogen) atoms. The molecule has 0 aromatic rings. The average Bonchev–Trinajstić information content (AvgIpc) is 2.26. The van der Waals surface area contributed by atoms with Crippen LogP contribution in [0.2, 0.25) is 0 Å². The Labute approximate surface area is 147 Å². The fourth-order valence-corrected chi connectivity index (χ4v) is 3.61. The number of aliphatic hydroxyl groups is 2. The molecule has 0 bridgehead atoms. The van der Waals surface area contributed by atoms with E-state index < -0.39 is 52.8 Å². The summed E-state index contributed by atoms with van der Waals surface area (Å²) in [4.78, 5) is 0. The highest BCUT2D eigenvalue weighted by molar-refractivity contribution is 7.93. The molecule has 0 aromatic carbocycles. The number of nitrogens with one attached hydrogen (secondary N) is 1. The van der Waals surface area contributed by atoms with Gasteiger partial charge in [0.15, 0.2) is 19.7 Å². The number of alkyl halides is 2. The van der Waals surface area contributed by atoms with E-state index in [9.17, 15) is 27.0 Å². The normalized spacial score (nSPS) is 18.1. The van der Waals surface area contributed by atoms with Crippen molar-refractivity contribution in [2.75, 3.05) is 24.6 Å². The molecule has 0 aliphatic rings. The van der Waals surface area contributed by atoms with Gasteiger partial charge in [-0.1, -0.05) is 0 Å². The van der Waals surface area contributed by atoms with Gasteiger partial charge in [0, 0.05) is 13.1 Å². The minimum Gasteiger partial charge on any atom is -0.391 e. The Kier molecular flexibility index (Phi) is 11.9. The van der Waals surface area contributed by atoms with Crippen molar-refractivity contribution in [2.45, 2.75) is 35.5 Å². The van der Waals surface area contributed by atoms with Crippen molar-refractivity contribution < 1.29 is 27.0 Å². The van der Waals surface area contributed by atoms with E-state index in [1.165, 1.54) is 13.8 Å². The largest absolute Gasteiger partial charge is 0.391 e. The zero-order chi connectivity index (χ0) is 16.8. The highest BCUT2D eigenvalue weighted by atomic mass is 35.5. The summed E-state index contributed by atoms with van der Waals surface area (Å²) in [5, 5.41) is 21.7. The first kappa shape index (κ1) is 24.9. The highest BCUT2D eigenvalue weighted by Crippen LogP contribution is 2.09. The van der Waals surface area contributed by atoms with E-state index in [2.05, 4.69) is 5.32 Å². The van der Waals surface area contributed by atoms with E-state index >= 15 is 0 Å². The fraction of sp³-hybridized carbons (Fsp3) is 1.00. The molecular weight excluding hydrogens is 401 g/mol. The molecule has 7 nitrogen and oxygen atoms in total. The molecule has 4 unspecified atom stereocenters. The predicted octanol–water partition coefficient (Wildman–Crippen LogP) is -0.281. The quantitative estimate of drug-likeness (QED) is 0.414. The average molecular weight is 423 g/mol. The molecule has 4 atom stereocenters. The van der Waals surface area contributed by atoms with Gasteiger partial charge in [-0.2, -0.15) is 0 Å². The summed E-state index contributed by atoms with van der Waals surface area (Å²) < 4.78 is 43.5. The van der Waals surface area contributed by atoms with E-state index in [0.717, 1.165) is 0 Å². The first-order valence-electron chi connectivity index (χ1n) is 6.16. The summed E-state index contributed by atoms with van der Waals surface area (Å²) in [5.41, 5.74) is 0. The van der Waals surface area contributed by atoms with Gasteiger partial charge >= 0.3 is 0 Å². The molecule has 3 N–H and O–H groups in total. The van der Waals surface area contributed by atoms with Crippen LogP contribution in [0.4, 0.5) is 0 Å². The molecule has 0 fully saturated rings. The van der Waals surface area contributed by atoms with Crippen molar-refractivity contribution in [1.29, 1.82) is 0 Å². The van der Waals surface area contributed by atoms with Crippen molar-refractivity contribution in [3.8, 4) is 0 Å². The molecule has 0 radical (unpaired) electrons. The summed E-state index contributed by atoms with van der Waals surface area (Å²) >= 11 is 10.9. The van der Waals surface area contributed by atoms with Crippen LogP contribution in [0, 0.1) is 0 Å². The van der Waals surface area contributed by atoms with Crippen LogP contribution in [0.5, 0.6) is 0 Å². The SMILES string of the molecule is CC(Cl)S(=O)(=O)CC(O)CNCC(O)CS(=O)(=O)C(C)Cl.Cl. The second-order valence-corrected chi connectivity index (χ2v) is 11.3. The van der Waals surface area contributed by atoms with E-state index in [1.54, 1.807) is 0 Å². The number of aliphatic hydroxyl groups excluding tert-OH is 2. The zero-order valence-corrected chi connectivity index (χ0v) is 16.1. The van der Waals surface area contributed by atoms with Crippen LogP contribution in [-0.2, 0) is 19.7 Å². The van der Waals surface area contributed by atoms with Gasteiger partial charge in [0.25, 0.3) is 0 Å². The third-order valence-electron chi connectivity index (χ3n) is 2.60. The van der Waals surface area contributed by atoms with E-state index in [0.29, 0.717) is 0 Å². The first-order chi connectivity index (χ1) is 9.38. The lowest BCUT2D eigenvalue weighted by atomic mass is 10.3. The third-order valence-corrected chi connectivity index (χ3v) is 7.91. The second kappa shape index (κ2) is 10.5. The van der Waals surface area contributed by atoms with Gasteiger partial charge in [0.1, 0.15) is 9.42 Å². The van der Waals surface area contributed by atoms with Crippen LogP contribution in [0.3, 0.4) is 0 Å². The lowest BCUT2D eigenvalue weighted by Crippen LogP contribution is -2.40. The molecule has 0 spiro atoms. The van der Waals surface area contributed by atoms with Crippen molar-refractivity contribution in [2.24, 2.45) is 0 Å². The molecule has 0 amide bonds. The Balaban J connectivity index is 0. The number of hydrogen-bond acceptors (Lipinski definition) is 7. The van der Waals surface area contributed by atoms with Crippen LogP contribution >= 0.6 is 35.6 Å². The monoisotopic (exact) mass is 421 g/mol. The van der Waals surface area contributed by atoms with Crippen LogP contribution in [-0.4, -0.2) is 73.3 Å². The Bertz CT molecular complexity index is 463. The molecule has 0 rings (SSSR count). The Morgan fingerprint density at radius 2 is 1.14 bits per heavy atom. The van der Waals surface area contributed by atoms with Gasteiger partial charge in [-0.05, 0) is 13.8 Å². The number of rotatable bonds is 10. The molecule has 0 saturated carbocycles. The Hall–Kier alpha value is 0.650. The maximum Gasteiger partial charge on any atom is 0.169 e. The van der Waals surface area contributed by atoms with Gasteiger partial charge in [-0.3, -0.25) is 0 Å². The van der Waals surface area contributed by atoms with Crippen LogP contribution in [0.15, 0.2) is 0 Å². The van der Waals surface area contributed by atoms with Crippen molar-refractivity contribution in [1.82, 2.24) is 5.32 Å².